The first-order chi connectivity index (χ1) is 7.39. The van der Waals surface area contributed by atoms with E-state index in [0.717, 1.165) is 18.2 Å². The van der Waals surface area contributed by atoms with Crippen LogP contribution >= 0.6 is 0 Å². The Labute approximate surface area is 85.3 Å². The lowest BCUT2D eigenvalue weighted by Crippen LogP contribution is -2.14. The molecule has 0 aliphatic rings. The van der Waals surface area contributed by atoms with Gasteiger partial charge in [0.15, 0.2) is 0 Å². The van der Waals surface area contributed by atoms with E-state index in [0.29, 0.717) is 0 Å². The highest BCUT2D eigenvalue weighted by molar-refractivity contribution is 5.77. The molecule has 0 atom stereocenters. The van der Waals surface area contributed by atoms with Gasteiger partial charge in [0.2, 0.25) is 0 Å². The van der Waals surface area contributed by atoms with Crippen LogP contribution < -0.4 is 5.63 Å². The molecule has 3 nitrogen and oxygen atoms in total. The van der Waals surface area contributed by atoms with E-state index in [1.807, 2.05) is 0 Å². The molecule has 0 saturated heterocycles. The van der Waals surface area contributed by atoms with Crippen LogP contribution in [0.15, 0.2) is 27.4 Å². The third-order valence-electron chi connectivity index (χ3n) is 1.85. The van der Waals surface area contributed by atoms with Crippen molar-refractivity contribution in [1.82, 2.24) is 4.98 Å². The van der Waals surface area contributed by atoms with E-state index < -0.39 is 28.9 Å². The summed E-state index contributed by atoms with van der Waals surface area (Å²) in [4.78, 5) is 14.2. The molecule has 1 aromatic carbocycles. The Hall–Kier alpha value is -1.92. The molecule has 0 amide bonds. The average molecular weight is 233 g/mol. The van der Waals surface area contributed by atoms with Gasteiger partial charge in [0.1, 0.15) is 11.2 Å². The molecule has 1 aromatic heterocycles. The molecule has 2 rings (SSSR count). The van der Waals surface area contributed by atoms with Crippen molar-refractivity contribution in [1.29, 1.82) is 0 Å². The lowest BCUT2D eigenvalue weighted by atomic mass is 10.2. The van der Waals surface area contributed by atoms with Gasteiger partial charge in [-0.15, -0.1) is 0 Å². The molecular weight excluding hydrogens is 230 g/mol. The topological polar surface area (TPSA) is 43.1 Å². The van der Waals surface area contributed by atoms with Gasteiger partial charge in [-0.3, -0.25) is 0 Å². The minimum Gasteiger partial charge on any atom is -0.398 e. The van der Waals surface area contributed by atoms with Crippen molar-refractivity contribution >= 4 is 10.9 Å². The Morgan fingerprint density at radius 3 is 2.56 bits per heavy atom. The van der Waals surface area contributed by atoms with Gasteiger partial charge in [0.25, 0.3) is 0 Å². The normalized spacial score (nSPS) is 12.0. The van der Waals surface area contributed by atoms with Crippen LogP contribution in [0.3, 0.4) is 0 Å². The quantitative estimate of drug-likeness (QED) is 0.656. The van der Waals surface area contributed by atoms with Crippen molar-refractivity contribution in [3.8, 4) is 0 Å². The number of alkyl halides is 3. The van der Waals surface area contributed by atoms with Gasteiger partial charge >= 0.3 is 17.7 Å². The highest BCUT2D eigenvalue weighted by Gasteiger charge is 2.37. The van der Waals surface area contributed by atoms with Crippen LogP contribution in [0.4, 0.5) is 17.6 Å². The lowest BCUT2D eigenvalue weighted by molar-refractivity contribution is -0.158. The predicted molar refractivity (Wildman–Crippen MR) is 45.2 cm³/mol. The fraction of sp³-hybridized carbons (Fsp3) is 0.111. The van der Waals surface area contributed by atoms with E-state index in [1.54, 1.807) is 0 Å². The lowest BCUT2D eigenvalue weighted by Gasteiger charge is -2.04. The van der Waals surface area contributed by atoms with E-state index in [1.165, 1.54) is 0 Å². The number of hydrogen-bond donors (Lipinski definition) is 0. The Morgan fingerprint density at radius 2 is 1.94 bits per heavy atom. The highest BCUT2D eigenvalue weighted by atomic mass is 19.4. The first kappa shape index (κ1) is 10.6. The first-order valence-corrected chi connectivity index (χ1v) is 4.06. The van der Waals surface area contributed by atoms with Crippen LogP contribution in [0, 0.1) is 5.82 Å². The van der Waals surface area contributed by atoms with Crippen LogP contribution in [0.2, 0.25) is 0 Å². The fourth-order valence-electron chi connectivity index (χ4n) is 1.20. The molecule has 0 aliphatic heterocycles. The summed E-state index contributed by atoms with van der Waals surface area (Å²) < 4.78 is 53.6. The number of aromatic nitrogens is 1. The van der Waals surface area contributed by atoms with E-state index in [2.05, 4.69) is 9.40 Å². The smallest absolute Gasteiger partial charge is 0.398 e. The third-order valence-corrected chi connectivity index (χ3v) is 1.85. The highest BCUT2D eigenvalue weighted by Crippen LogP contribution is 2.27. The fourth-order valence-corrected chi connectivity index (χ4v) is 1.20. The molecule has 0 fully saturated rings. The van der Waals surface area contributed by atoms with Crippen molar-refractivity contribution in [3.63, 3.8) is 0 Å². The van der Waals surface area contributed by atoms with E-state index in [9.17, 15) is 22.4 Å². The summed E-state index contributed by atoms with van der Waals surface area (Å²) in [5, 5.41) is -0.587. The molecule has 2 aromatic rings. The molecule has 16 heavy (non-hydrogen) atoms. The Kier molecular flexibility index (Phi) is 2.18. The Bertz CT molecular complexity index is 602. The minimum atomic E-state index is -4.88. The predicted octanol–water partition coefficient (Wildman–Crippen LogP) is 2.35. The van der Waals surface area contributed by atoms with Crippen molar-refractivity contribution in [2.75, 3.05) is 0 Å². The zero-order valence-electron chi connectivity index (χ0n) is 7.51. The number of nitrogens with zero attached hydrogens (tertiary/aromatic N) is 1. The summed E-state index contributed by atoms with van der Waals surface area (Å²) in [7, 11) is 0. The summed E-state index contributed by atoms with van der Waals surface area (Å²) in [6, 6.07) is 3.20. The second kappa shape index (κ2) is 3.29. The third kappa shape index (κ3) is 1.64. The van der Waals surface area contributed by atoms with Gasteiger partial charge in [0.05, 0.1) is 5.52 Å². The summed E-state index contributed by atoms with van der Waals surface area (Å²) in [5.41, 5.74) is -1.78. The van der Waals surface area contributed by atoms with E-state index in [-0.39, 0.29) is 5.52 Å². The molecule has 0 bridgehead atoms. The molecule has 0 aliphatic carbocycles. The van der Waals surface area contributed by atoms with Crippen LogP contribution in [-0.2, 0) is 6.18 Å². The average Bonchev–Trinajstić information content (AvgIpc) is 2.15. The van der Waals surface area contributed by atoms with E-state index >= 15 is 0 Å². The largest absolute Gasteiger partial charge is 0.469 e. The Balaban J connectivity index is 2.85. The molecular formula is C9H3F4NO2. The monoisotopic (exact) mass is 233 g/mol. The zero-order chi connectivity index (χ0) is 11.9. The van der Waals surface area contributed by atoms with Gasteiger partial charge in [-0.2, -0.15) is 13.2 Å². The summed E-state index contributed by atoms with van der Waals surface area (Å²) in [6.07, 6.45) is -4.88. The number of fused-ring (bicyclic) bond motifs is 1. The summed E-state index contributed by atoms with van der Waals surface area (Å²) in [5.74, 6) is -2.65. The van der Waals surface area contributed by atoms with Gasteiger partial charge in [-0.25, -0.2) is 14.2 Å². The number of benzene rings is 1. The molecule has 84 valence electrons. The first-order valence-electron chi connectivity index (χ1n) is 4.06. The van der Waals surface area contributed by atoms with Crippen molar-refractivity contribution < 1.29 is 22.0 Å². The Morgan fingerprint density at radius 1 is 1.25 bits per heavy atom. The second-order valence-corrected chi connectivity index (χ2v) is 2.94. The molecule has 7 heteroatoms. The van der Waals surface area contributed by atoms with Gasteiger partial charge < -0.3 is 4.42 Å². The maximum atomic E-state index is 13.1. The maximum absolute atomic E-state index is 13.1. The zero-order valence-corrected chi connectivity index (χ0v) is 7.51. The summed E-state index contributed by atoms with van der Waals surface area (Å²) in [6.45, 7) is 0. The number of rotatable bonds is 0. The van der Waals surface area contributed by atoms with Gasteiger partial charge in [-0.05, 0) is 12.1 Å². The van der Waals surface area contributed by atoms with Crippen LogP contribution in [0.25, 0.3) is 10.9 Å². The molecule has 0 N–H and O–H groups in total. The van der Waals surface area contributed by atoms with Crippen LogP contribution in [-0.4, -0.2) is 4.98 Å². The maximum Gasteiger partial charge on any atom is 0.469 e. The number of hydrogen-bond acceptors (Lipinski definition) is 3. The van der Waals surface area contributed by atoms with Gasteiger partial charge in [-0.1, -0.05) is 6.07 Å². The standard InChI is InChI=1S/C9H3F4NO2/c10-4-2-1-3-5-6(4)7(15)16-8(14-5)9(11,12)13/h1-3H. The SMILES string of the molecule is O=c1oc(C(F)(F)F)nc2cccc(F)c12. The molecule has 0 spiro atoms. The van der Waals surface area contributed by atoms with Crippen molar-refractivity contribution in [2.45, 2.75) is 6.18 Å². The van der Waals surface area contributed by atoms with Crippen molar-refractivity contribution in [2.24, 2.45) is 0 Å². The molecule has 0 radical (unpaired) electrons. The summed E-state index contributed by atoms with van der Waals surface area (Å²) >= 11 is 0. The second-order valence-electron chi connectivity index (χ2n) is 2.94. The van der Waals surface area contributed by atoms with Crippen molar-refractivity contribution in [3.05, 3.63) is 40.3 Å². The molecule has 1 heterocycles. The van der Waals surface area contributed by atoms with Crippen LogP contribution in [0.1, 0.15) is 5.89 Å². The van der Waals surface area contributed by atoms with Crippen LogP contribution in [0.5, 0.6) is 0 Å². The molecule has 0 saturated carbocycles. The minimum absolute atomic E-state index is 0.386. The van der Waals surface area contributed by atoms with Gasteiger partial charge in [0, 0.05) is 0 Å². The molecule has 0 unspecified atom stereocenters. The van der Waals surface area contributed by atoms with E-state index in [4.69, 9.17) is 0 Å². The number of halogens is 4.